The number of fused-ring (bicyclic) bond motifs is 1. The van der Waals surface area contributed by atoms with Crippen molar-refractivity contribution < 1.29 is 0 Å². The molecule has 3 heterocycles. The number of nitrogens with one attached hydrogen (secondary N) is 1. The van der Waals surface area contributed by atoms with Gasteiger partial charge in [-0.05, 0) is 31.5 Å². The summed E-state index contributed by atoms with van der Waals surface area (Å²) in [6.45, 7) is 0.987. The number of aromatic nitrogens is 2. The lowest BCUT2D eigenvalue weighted by Gasteiger charge is -2.23. The molecule has 0 aliphatic carbocycles. The molecule has 2 aromatic rings. The Kier molecular flexibility index (Phi) is 3.06. The second kappa shape index (κ2) is 4.71. The van der Waals surface area contributed by atoms with Crippen molar-refractivity contribution in [2.24, 2.45) is 0 Å². The van der Waals surface area contributed by atoms with Crippen LogP contribution in [0, 0.1) is 0 Å². The van der Waals surface area contributed by atoms with Gasteiger partial charge in [0, 0.05) is 12.1 Å². The summed E-state index contributed by atoms with van der Waals surface area (Å²) in [7, 11) is 0. The molecule has 0 amide bonds. The molecular formula is C13H14ClN3O. The monoisotopic (exact) mass is 263 g/mol. The molecule has 1 unspecified atom stereocenters. The Morgan fingerprint density at radius 2 is 2.28 bits per heavy atom. The Morgan fingerprint density at radius 3 is 3.06 bits per heavy atom. The van der Waals surface area contributed by atoms with Crippen LogP contribution < -0.4 is 10.9 Å². The van der Waals surface area contributed by atoms with Crippen molar-refractivity contribution in [1.82, 2.24) is 14.7 Å². The zero-order valence-corrected chi connectivity index (χ0v) is 10.7. The first kappa shape index (κ1) is 11.7. The molecule has 1 N–H and O–H groups in total. The summed E-state index contributed by atoms with van der Waals surface area (Å²) in [5.41, 5.74) is 1.31. The quantitative estimate of drug-likeness (QED) is 0.802. The SMILES string of the molecule is O=c1cc(C2CCCCN2)nc2cccc(Cl)n12. The van der Waals surface area contributed by atoms with Gasteiger partial charge in [0.05, 0.1) is 5.69 Å². The van der Waals surface area contributed by atoms with Crippen molar-refractivity contribution in [3.8, 4) is 0 Å². The van der Waals surface area contributed by atoms with Gasteiger partial charge < -0.3 is 5.32 Å². The zero-order valence-electron chi connectivity index (χ0n) is 9.90. The predicted molar refractivity (Wildman–Crippen MR) is 71.1 cm³/mol. The summed E-state index contributed by atoms with van der Waals surface area (Å²) in [5, 5.41) is 3.79. The molecule has 0 saturated carbocycles. The van der Waals surface area contributed by atoms with E-state index in [0.717, 1.165) is 18.7 Å². The fourth-order valence-electron chi connectivity index (χ4n) is 2.42. The first-order chi connectivity index (χ1) is 8.75. The van der Waals surface area contributed by atoms with Crippen molar-refractivity contribution in [3.05, 3.63) is 45.5 Å². The third-order valence-electron chi connectivity index (χ3n) is 3.32. The largest absolute Gasteiger partial charge is 0.309 e. The van der Waals surface area contributed by atoms with E-state index in [0.29, 0.717) is 10.8 Å². The summed E-state index contributed by atoms with van der Waals surface area (Å²) in [4.78, 5) is 16.6. The average Bonchev–Trinajstić information content (AvgIpc) is 2.39. The maximum atomic E-state index is 12.1. The Labute approximate surface area is 110 Å². The third kappa shape index (κ3) is 2.02. The van der Waals surface area contributed by atoms with Crippen LogP contribution in [-0.2, 0) is 0 Å². The maximum Gasteiger partial charge on any atom is 0.259 e. The van der Waals surface area contributed by atoms with E-state index in [-0.39, 0.29) is 11.6 Å². The Balaban J connectivity index is 2.12. The number of rotatable bonds is 1. The molecule has 0 radical (unpaired) electrons. The third-order valence-corrected chi connectivity index (χ3v) is 3.62. The Hall–Kier alpha value is -1.39. The van der Waals surface area contributed by atoms with Crippen LogP contribution in [0.1, 0.15) is 31.0 Å². The van der Waals surface area contributed by atoms with Crippen LogP contribution >= 0.6 is 11.6 Å². The molecule has 5 heteroatoms. The van der Waals surface area contributed by atoms with E-state index in [4.69, 9.17) is 11.6 Å². The van der Waals surface area contributed by atoms with Gasteiger partial charge >= 0.3 is 0 Å². The standard InChI is InChI=1S/C13H14ClN3O/c14-11-5-3-6-12-16-10(8-13(18)17(11)12)9-4-1-2-7-15-9/h3,5-6,8-9,15H,1-2,4,7H2. The zero-order chi connectivity index (χ0) is 12.5. The van der Waals surface area contributed by atoms with Crippen molar-refractivity contribution in [2.75, 3.05) is 6.54 Å². The number of nitrogens with zero attached hydrogens (tertiary/aromatic N) is 2. The van der Waals surface area contributed by atoms with Crippen molar-refractivity contribution in [3.63, 3.8) is 0 Å². The molecule has 1 atom stereocenters. The smallest absolute Gasteiger partial charge is 0.259 e. The normalized spacial score (nSPS) is 20.2. The molecule has 94 valence electrons. The van der Waals surface area contributed by atoms with Crippen LogP contribution in [0.15, 0.2) is 29.1 Å². The van der Waals surface area contributed by atoms with Gasteiger partial charge in [-0.25, -0.2) is 4.98 Å². The highest BCUT2D eigenvalue weighted by Gasteiger charge is 2.17. The summed E-state index contributed by atoms with van der Waals surface area (Å²) in [6, 6.07) is 7.08. The topological polar surface area (TPSA) is 46.4 Å². The molecule has 3 rings (SSSR count). The molecule has 4 nitrogen and oxygen atoms in total. The van der Waals surface area contributed by atoms with Gasteiger partial charge in [-0.2, -0.15) is 0 Å². The first-order valence-electron chi connectivity index (χ1n) is 6.17. The molecule has 2 aromatic heterocycles. The molecule has 1 saturated heterocycles. The number of piperidine rings is 1. The van der Waals surface area contributed by atoms with Gasteiger partial charge in [-0.1, -0.05) is 24.1 Å². The molecular weight excluding hydrogens is 250 g/mol. The van der Waals surface area contributed by atoms with E-state index in [1.165, 1.54) is 17.2 Å². The molecule has 18 heavy (non-hydrogen) atoms. The summed E-state index contributed by atoms with van der Waals surface area (Å²) in [5.74, 6) is 0. The van der Waals surface area contributed by atoms with Crippen LogP contribution in [0.5, 0.6) is 0 Å². The van der Waals surface area contributed by atoms with E-state index in [2.05, 4.69) is 10.3 Å². The van der Waals surface area contributed by atoms with E-state index in [1.54, 1.807) is 18.2 Å². The molecule has 1 aliphatic heterocycles. The Bertz CT molecular complexity index is 632. The van der Waals surface area contributed by atoms with Crippen LogP contribution in [0.4, 0.5) is 0 Å². The molecule has 1 fully saturated rings. The highest BCUT2D eigenvalue weighted by Crippen LogP contribution is 2.21. The lowest BCUT2D eigenvalue weighted by atomic mass is 10.0. The second-order valence-corrected chi connectivity index (χ2v) is 4.95. The lowest BCUT2D eigenvalue weighted by Crippen LogP contribution is -2.29. The fourth-order valence-corrected chi connectivity index (χ4v) is 2.66. The average molecular weight is 264 g/mol. The van der Waals surface area contributed by atoms with Crippen LogP contribution in [-0.4, -0.2) is 15.9 Å². The summed E-state index contributed by atoms with van der Waals surface area (Å²) >= 11 is 6.01. The number of hydrogen-bond acceptors (Lipinski definition) is 3. The fraction of sp³-hybridized carbons (Fsp3) is 0.385. The van der Waals surface area contributed by atoms with Crippen LogP contribution in [0.3, 0.4) is 0 Å². The minimum Gasteiger partial charge on any atom is -0.309 e. The van der Waals surface area contributed by atoms with Gasteiger partial charge in [-0.3, -0.25) is 9.20 Å². The highest BCUT2D eigenvalue weighted by atomic mass is 35.5. The second-order valence-electron chi connectivity index (χ2n) is 4.56. The molecule has 0 bridgehead atoms. The van der Waals surface area contributed by atoms with Crippen LogP contribution in [0.2, 0.25) is 5.15 Å². The van der Waals surface area contributed by atoms with Crippen molar-refractivity contribution in [1.29, 1.82) is 0 Å². The van der Waals surface area contributed by atoms with E-state index in [9.17, 15) is 4.79 Å². The maximum absolute atomic E-state index is 12.1. The van der Waals surface area contributed by atoms with Gasteiger partial charge in [0.1, 0.15) is 10.8 Å². The van der Waals surface area contributed by atoms with Crippen molar-refractivity contribution in [2.45, 2.75) is 25.3 Å². The van der Waals surface area contributed by atoms with Gasteiger partial charge in [0.15, 0.2) is 0 Å². The number of halogens is 1. The number of pyridine rings is 1. The number of hydrogen-bond donors (Lipinski definition) is 1. The highest BCUT2D eigenvalue weighted by molar-refractivity contribution is 6.29. The lowest BCUT2D eigenvalue weighted by molar-refractivity contribution is 0.405. The minimum atomic E-state index is -0.118. The van der Waals surface area contributed by atoms with E-state index < -0.39 is 0 Å². The van der Waals surface area contributed by atoms with Crippen LogP contribution in [0.25, 0.3) is 5.65 Å². The Morgan fingerprint density at radius 1 is 1.39 bits per heavy atom. The predicted octanol–water partition coefficient (Wildman–Crippen LogP) is 2.16. The van der Waals surface area contributed by atoms with Gasteiger partial charge in [-0.15, -0.1) is 0 Å². The minimum absolute atomic E-state index is 0.118. The summed E-state index contributed by atoms with van der Waals surface area (Å²) < 4.78 is 1.42. The summed E-state index contributed by atoms with van der Waals surface area (Å²) in [6.07, 6.45) is 3.40. The van der Waals surface area contributed by atoms with E-state index in [1.807, 2.05) is 6.07 Å². The molecule has 1 aliphatic rings. The van der Waals surface area contributed by atoms with Crippen molar-refractivity contribution >= 4 is 17.2 Å². The molecule has 0 spiro atoms. The first-order valence-corrected chi connectivity index (χ1v) is 6.55. The van der Waals surface area contributed by atoms with E-state index >= 15 is 0 Å². The molecule has 0 aromatic carbocycles. The van der Waals surface area contributed by atoms with Gasteiger partial charge in [0.2, 0.25) is 0 Å². The van der Waals surface area contributed by atoms with Gasteiger partial charge in [0.25, 0.3) is 5.56 Å².